The summed E-state index contributed by atoms with van der Waals surface area (Å²) in [5, 5.41) is 0. The molecule has 0 heterocycles. The first-order chi connectivity index (χ1) is 27.0. The Morgan fingerprint density at radius 2 is 0.719 bits per heavy atom. The second-order valence-corrected chi connectivity index (χ2v) is 13.9. The minimum Gasteiger partial charge on any atom is -0.449 e. The highest BCUT2D eigenvalue weighted by Crippen LogP contribution is 2.66. The summed E-state index contributed by atoms with van der Waals surface area (Å²) in [7, 11) is 0. The number of hydrogen-bond donors (Lipinski definition) is 0. The molecule has 2 aliphatic carbocycles. The molecule has 0 fully saturated rings. The Balaban J connectivity index is 3.53. The lowest BCUT2D eigenvalue weighted by Crippen LogP contribution is -2.88. The predicted octanol–water partition coefficient (Wildman–Crippen LogP) is 6.76. The van der Waals surface area contributed by atoms with E-state index in [-0.39, 0.29) is 77.2 Å². The number of hydrogen-bond acceptors (Lipinski definition) is 14. The highest BCUT2D eigenvalue weighted by atomic mass is 16.8. The maximum absolute atomic E-state index is 13.4. The number of carbonyl (C=O) groups is 2. The van der Waals surface area contributed by atoms with E-state index in [9.17, 15) is 9.59 Å². The molecule has 2 rings (SSSR count). The van der Waals surface area contributed by atoms with Crippen molar-refractivity contribution in [2.45, 2.75) is 143 Å². The molecule has 4 unspecified atom stereocenters. The van der Waals surface area contributed by atoms with Gasteiger partial charge in [-0.3, -0.25) is 0 Å². The summed E-state index contributed by atoms with van der Waals surface area (Å²) in [5.74, 6) is -9.57. The van der Waals surface area contributed by atoms with Crippen molar-refractivity contribution in [1.29, 1.82) is 0 Å². The number of rotatable bonds is 26. The summed E-state index contributed by atoms with van der Waals surface area (Å²) < 4.78 is 81.1. The molecule has 4 atom stereocenters. The van der Waals surface area contributed by atoms with Crippen LogP contribution in [0.1, 0.15) is 96.9 Å². The van der Waals surface area contributed by atoms with E-state index in [2.05, 4.69) is 13.2 Å². The van der Waals surface area contributed by atoms with Gasteiger partial charge in [0.2, 0.25) is 0 Å². The van der Waals surface area contributed by atoms with E-state index in [4.69, 9.17) is 56.8 Å². The quantitative estimate of drug-likeness (QED) is 0.0393. The molecule has 0 aliphatic heterocycles. The van der Waals surface area contributed by atoms with Crippen LogP contribution in [0.5, 0.6) is 0 Å². The second-order valence-electron chi connectivity index (χ2n) is 13.9. The zero-order chi connectivity index (χ0) is 43.3. The summed E-state index contributed by atoms with van der Waals surface area (Å²) >= 11 is 0. The zero-order valence-corrected chi connectivity index (χ0v) is 37.2. The van der Waals surface area contributed by atoms with Gasteiger partial charge in [0, 0.05) is 82.6 Å². The molecule has 0 saturated carbocycles. The molecule has 0 spiro atoms. The van der Waals surface area contributed by atoms with E-state index in [0.29, 0.717) is 0 Å². The van der Waals surface area contributed by atoms with Gasteiger partial charge in [0.25, 0.3) is 23.1 Å². The highest BCUT2D eigenvalue weighted by molar-refractivity contribution is 5.87. The summed E-state index contributed by atoms with van der Waals surface area (Å²) in [4.78, 5) is 26.7. The molecule has 0 aromatic rings. The largest absolute Gasteiger partial charge is 0.449 e. The van der Waals surface area contributed by atoms with E-state index in [1.165, 1.54) is 0 Å². The highest BCUT2D eigenvalue weighted by Gasteiger charge is 2.85. The van der Waals surface area contributed by atoms with Crippen molar-refractivity contribution in [3.8, 4) is 0 Å². The Hall–Kier alpha value is -2.50. The van der Waals surface area contributed by atoms with Crippen LogP contribution >= 0.6 is 0 Å². The number of ether oxygens (including phenoxy) is 12. The van der Waals surface area contributed by atoms with Gasteiger partial charge in [-0.15, -0.1) is 0 Å². The Kier molecular flexibility index (Phi) is 18.8. The zero-order valence-electron chi connectivity index (χ0n) is 37.2. The van der Waals surface area contributed by atoms with Crippen LogP contribution in [0.4, 0.5) is 0 Å². The monoisotopic (exact) mass is 812 g/mol. The van der Waals surface area contributed by atoms with Crippen LogP contribution in [0.2, 0.25) is 0 Å². The molecular weight excluding hydrogens is 740 g/mol. The van der Waals surface area contributed by atoms with Crippen LogP contribution in [-0.2, 0) is 66.4 Å². The van der Waals surface area contributed by atoms with E-state index >= 15 is 0 Å². The first-order valence-corrected chi connectivity index (χ1v) is 20.5. The summed E-state index contributed by atoms with van der Waals surface area (Å²) in [5.41, 5.74) is -4.82. The molecule has 328 valence electrons. The van der Waals surface area contributed by atoms with E-state index < -0.39 is 63.9 Å². The normalized spacial score (nSPS) is 25.9. The van der Waals surface area contributed by atoms with Gasteiger partial charge in [-0.1, -0.05) is 27.0 Å². The van der Waals surface area contributed by atoms with Gasteiger partial charge in [0.15, 0.2) is 23.4 Å². The molecule has 0 bridgehead atoms. The summed E-state index contributed by atoms with van der Waals surface area (Å²) in [6, 6.07) is 0. The first kappa shape index (κ1) is 50.6. The van der Waals surface area contributed by atoms with Crippen molar-refractivity contribution < 1.29 is 66.4 Å². The average molecular weight is 813 g/mol. The number of carbonyl (C=O) groups excluding carboxylic acids is 2. The smallest absolute Gasteiger partial charge is 0.333 e. The molecule has 2 aliphatic rings. The van der Waals surface area contributed by atoms with Crippen LogP contribution in [0, 0.1) is 5.41 Å². The van der Waals surface area contributed by atoms with Crippen molar-refractivity contribution in [2.75, 3.05) is 66.1 Å². The van der Waals surface area contributed by atoms with Crippen molar-refractivity contribution in [3.63, 3.8) is 0 Å². The second kappa shape index (κ2) is 21.1. The molecule has 57 heavy (non-hydrogen) atoms. The maximum Gasteiger partial charge on any atom is 0.333 e. The van der Waals surface area contributed by atoms with Crippen LogP contribution < -0.4 is 0 Å². The molecule has 0 aromatic heterocycles. The molecule has 0 aromatic carbocycles. The van der Waals surface area contributed by atoms with Gasteiger partial charge in [-0.25, -0.2) is 9.59 Å². The maximum atomic E-state index is 13.4. The van der Waals surface area contributed by atoms with E-state index in [0.717, 1.165) is 0 Å². The lowest BCUT2D eigenvalue weighted by atomic mass is 9.52. The minimum atomic E-state index is -2.09. The lowest BCUT2D eigenvalue weighted by Gasteiger charge is -2.69. The Bertz CT molecular complexity index is 1280. The van der Waals surface area contributed by atoms with Gasteiger partial charge in [-0.2, -0.15) is 0 Å². The summed E-state index contributed by atoms with van der Waals surface area (Å²) in [6.07, 6.45) is 4.34. The van der Waals surface area contributed by atoms with Crippen LogP contribution in [0.3, 0.4) is 0 Å². The molecular formula is C43H72O14. The standard InChI is InChI=1S/C43H72O14/c1-17-46-38(29-27-33(56-35(44)31(11)12)40(48-19-3,49-20-4)42(38,52-23-7)53-24-8)37(15,16)39(47-18-2)30-28-34(57-36(45)32(13)14)41(50-21-5,51-22-6)43(39,54-25-9)55-26-10/h27-30,33-34H,11,13,17-26H2,1-10,12,14-16H3. The molecule has 0 radical (unpaired) electrons. The van der Waals surface area contributed by atoms with Crippen molar-refractivity contribution in [1.82, 2.24) is 0 Å². The van der Waals surface area contributed by atoms with Crippen molar-refractivity contribution in [2.24, 2.45) is 5.41 Å². The van der Waals surface area contributed by atoms with E-state index in [1.807, 2.05) is 27.7 Å². The fraction of sp³-hybridized carbons (Fsp3) is 0.767. The van der Waals surface area contributed by atoms with Gasteiger partial charge < -0.3 is 56.8 Å². The van der Waals surface area contributed by atoms with Crippen LogP contribution in [0.25, 0.3) is 0 Å². The SMILES string of the molecule is C=C(C)C(=O)OC1C=CC(OCC)(C(C)(C)C2(OCC)C=CC(OC(=O)C(=C)C)C(OCC)(OCC)C2(OCC)OCC)C(OCC)(OCC)C1(OCC)OCC. The van der Waals surface area contributed by atoms with Crippen LogP contribution in [0.15, 0.2) is 48.6 Å². The fourth-order valence-corrected chi connectivity index (χ4v) is 8.47. The topological polar surface area (TPSA) is 145 Å². The fourth-order valence-electron chi connectivity index (χ4n) is 8.47. The Labute approximate surface area is 341 Å². The third-order valence-electron chi connectivity index (χ3n) is 10.2. The molecule has 0 amide bonds. The van der Waals surface area contributed by atoms with Gasteiger partial charge >= 0.3 is 11.9 Å². The van der Waals surface area contributed by atoms with Crippen molar-refractivity contribution in [3.05, 3.63) is 48.6 Å². The van der Waals surface area contributed by atoms with Crippen molar-refractivity contribution >= 4 is 11.9 Å². The minimum absolute atomic E-state index is 0.0576. The lowest BCUT2D eigenvalue weighted by molar-refractivity contribution is -0.505. The van der Waals surface area contributed by atoms with Crippen LogP contribution in [-0.4, -0.2) is 125 Å². The predicted molar refractivity (Wildman–Crippen MR) is 214 cm³/mol. The molecule has 14 heteroatoms. The average Bonchev–Trinajstić information content (AvgIpc) is 3.15. The van der Waals surface area contributed by atoms with Gasteiger partial charge in [0.1, 0.15) is 0 Å². The van der Waals surface area contributed by atoms with Gasteiger partial charge in [0.05, 0.1) is 0 Å². The third kappa shape index (κ3) is 8.21. The summed E-state index contributed by atoms with van der Waals surface area (Å²) in [6.45, 7) is 33.3. The number of esters is 2. The molecule has 0 N–H and O–H groups in total. The third-order valence-corrected chi connectivity index (χ3v) is 10.2. The van der Waals surface area contributed by atoms with Gasteiger partial charge in [-0.05, 0) is 107 Å². The molecule has 14 nitrogen and oxygen atoms in total. The van der Waals surface area contributed by atoms with E-state index in [1.54, 1.807) is 93.5 Å². The Morgan fingerprint density at radius 3 is 0.930 bits per heavy atom. The first-order valence-electron chi connectivity index (χ1n) is 20.5. The Morgan fingerprint density at radius 1 is 0.474 bits per heavy atom. The molecule has 0 saturated heterocycles.